The number of nitrogens with zero attached hydrogens (tertiary/aromatic N) is 2. The van der Waals surface area contributed by atoms with Crippen LogP contribution in [0.5, 0.6) is 11.5 Å². The van der Waals surface area contributed by atoms with Crippen LogP contribution in [0.1, 0.15) is 5.56 Å². The van der Waals surface area contributed by atoms with E-state index in [4.69, 9.17) is 21.1 Å². The van der Waals surface area contributed by atoms with Crippen molar-refractivity contribution in [3.63, 3.8) is 0 Å². The van der Waals surface area contributed by atoms with Gasteiger partial charge in [0.05, 0.1) is 32.1 Å². The maximum absolute atomic E-state index is 13.5. The van der Waals surface area contributed by atoms with E-state index in [2.05, 4.69) is 0 Å². The third-order valence-corrected chi connectivity index (χ3v) is 7.12. The fraction of sp³-hybridized carbons (Fsp3) is 0.136. The summed E-state index contributed by atoms with van der Waals surface area (Å²) in [6.45, 7) is -0.0612. The Labute approximate surface area is 189 Å². The monoisotopic (exact) mass is 476 g/mol. The number of ether oxygens (including phenoxy) is 2. The Morgan fingerprint density at radius 1 is 0.969 bits per heavy atom. The molecule has 0 atom stereocenters. The van der Waals surface area contributed by atoms with Crippen LogP contribution in [-0.4, -0.2) is 28.7 Å². The van der Waals surface area contributed by atoms with Crippen molar-refractivity contribution < 1.29 is 27.1 Å². The lowest BCUT2D eigenvalue weighted by Gasteiger charge is -2.36. The molecule has 0 radical (unpaired) electrons. The van der Waals surface area contributed by atoms with Gasteiger partial charge in [0.1, 0.15) is 10.7 Å². The molecule has 0 unspecified atom stereocenters. The number of hydrogen-bond acceptors (Lipinski definition) is 5. The topological polar surface area (TPSA) is 76.2 Å². The minimum atomic E-state index is -4.22. The summed E-state index contributed by atoms with van der Waals surface area (Å²) in [7, 11) is -1.36. The highest BCUT2D eigenvalue weighted by atomic mass is 35.5. The molecule has 0 aliphatic carbocycles. The zero-order chi connectivity index (χ0) is 23.0. The van der Waals surface area contributed by atoms with Gasteiger partial charge in [-0.3, -0.25) is 4.90 Å². The van der Waals surface area contributed by atoms with Gasteiger partial charge < -0.3 is 9.47 Å². The zero-order valence-corrected chi connectivity index (χ0v) is 18.7. The molecule has 7 nitrogen and oxygen atoms in total. The Kier molecular flexibility index (Phi) is 5.70. The molecule has 0 saturated carbocycles. The average molecular weight is 477 g/mol. The number of hydrogen-bond donors (Lipinski definition) is 0. The average Bonchev–Trinajstić information content (AvgIpc) is 2.77. The zero-order valence-electron chi connectivity index (χ0n) is 17.1. The molecule has 1 aliphatic rings. The second-order valence-electron chi connectivity index (χ2n) is 6.88. The number of carbonyl (C=O) groups is 1. The van der Waals surface area contributed by atoms with Gasteiger partial charge >= 0.3 is 6.03 Å². The number of rotatable bonds is 5. The number of carbonyl (C=O) groups excluding carboxylic acids is 1. The van der Waals surface area contributed by atoms with Gasteiger partial charge in [0, 0.05) is 11.1 Å². The highest BCUT2D eigenvalue weighted by Crippen LogP contribution is 2.40. The first-order valence-corrected chi connectivity index (χ1v) is 11.2. The van der Waals surface area contributed by atoms with Crippen molar-refractivity contribution in [1.29, 1.82) is 0 Å². The van der Waals surface area contributed by atoms with Crippen LogP contribution in [0.3, 0.4) is 0 Å². The number of para-hydroxylation sites is 1. The van der Waals surface area contributed by atoms with E-state index in [1.54, 1.807) is 12.1 Å². The minimum Gasteiger partial charge on any atom is -0.493 e. The van der Waals surface area contributed by atoms with E-state index in [1.165, 1.54) is 61.6 Å². The number of amides is 2. The van der Waals surface area contributed by atoms with Crippen molar-refractivity contribution in [1.82, 2.24) is 0 Å². The number of anilines is 2. The van der Waals surface area contributed by atoms with E-state index in [0.717, 1.165) is 6.07 Å². The first-order valence-electron chi connectivity index (χ1n) is 9.39. The molecule has 2 amide bonds. The number of methoxy groups -OCH3 is 2. The molecular formula is C22H18ClFN2O5S. The number of sulfonamides is 1. The summed E-state index contributed by atoms with van der Waals surface area (Å²) < 4.78 is 51.5. The summed E-state index contributed by atoms with van der Waals surface area (Å²) in [5.74, 6) is 0.132. The maximum atomic E-state index is 13.5. The van der Waals surface area contributed by atoms with Crippen molar-refractivity contribution >= 4 is 39.0 Å². The van der Waals surface area contributed by atoms with Gasteiger partial charge in [0.15, 0.2) is 11.5 Å². The third kappa shape index (κ3) is 3.63. The SMILES string of the molecule is COc1ccc(N2C(=O)N(Cc3ccc(F)cc3Cl)c3ccccc3S2(=O)=O)cc1OC. The molecule has 1 aliphatic heterocycles. The quantitative estimate of drug-likeness (QED) is 0.527. The predicted molar refractivity (Wildman–Crippen MR) is 119 cm³/mol. The lowest BCUT2D eigenvalue weighted by Crippen LogP contribution is -2.50. The molecule has 3 aromatic carbocycles. The Bertz CT molecular complexity index is 1320. The molecule has 0 bridgehead atoms. The van der Waals surface area contributed by atoms with Gasteiger partial charge in [0.2, 0.25) is 0 Å². The van der Waals surface area contributed by atoms with Gasteiger partial charge in [-0.05, 0) is 42.0 Å². The lowest BCUT2D eigenvalue weighted by molar-refractivity contribution is 0.253. The second-order valence-corrected chi connectivity index (χ2v) is 9.04. The van der Waals surface area contributed by atoms with E-state index in [-0.39, 0.29) is 33.6 Å². The number of benzene rings is 3. The standard InChI is InChI=1S/C22H18ClFN2O5S/c1-30-19-10-9-16(12-20(19)31-2)26-22(27)25(13-14-7-8-15(24)11-17(14)23)18-5-3-4-6-21(18)32(26,28)29/h3-12H,13H2,1-2H3. The van der Waals surface area contributed by atoms with Gasteiger partial charge in [0.25, 0.3) is 10.0 Å². The molecule has 32 heavy (non-hydrogen) atoms. The third-order valence-electron chi connectivity index (χ3n) is 5.02. The summed E-state index contributed by atoms with van der Waals surface area (Å²) in [4.78, 5) is 14.8. The summed E-state index contributed by atoms with van der Waals surface area (Å²) >= 11 is 6.17. The normalized spacial score (nSPS) is 14.8. The van der Waals surface area contributed by atoms with Crippen LogP contribution in [0.4, 0.5) is 20.6 Å². The summed E-state index contributed by atoms with van der Waals surface area (Å²) in [6, 6.07) is 13.5. The Balaban J connectivity index is 1.87. The summed E-state index contributed by atoms with van der Waals surface area (Å²) in [5, 5.41) is 0.126. The van der Waals surface area contributed by atoms with Crippen LogP contribution < -0.4 is 18.7 Å². The highest BCUT2D eigenvalue weighted by Gasteiger charge is 2.42. The molecule has 0 N–H and O–H groups in total. The first kappa shape index (κ1) is 21.9. The van der Waals surface area contributed by atoms with E-state index in [0.29, 0.717) is 15.6 Å². The van der Waals surface area contributed by atoms with Crippen LogP contribution in [0, 0.1) is 5.82 Å². The fourth-order valence-electron chi connectivity index (χ4n) is 3.49. The lowest BCUT2D eigenvalue weighted by atomic mass is 10.2. The Morgan fingerprint density at radius 3 is 2.38 bits per heavy atom. The molecular weight excluding hydrogens is 459 g/mol. The van der Waals surface area contributed by atoms with Gasteiger partial charge in [-0.1, -0.05) is 29.8 Å². The predicted octanol–water partition coefficient (Wildman–Crippen LogP) is 4.83. The van der Waals surface area contributed by atoms with E-state index >= 15 is 0 Å². The molecule has 3 aromatic rings. The van der Waals surface area contributed by atoms with Crippen molar-refractivity contribution in [2.45, 2.75) is 11.4 Å². The highest BCUT2D eigenvalue weighted by molar-refractivity contribution is 7.94. The van der Waals surface area contributed by atoms with Gasteiger partial charge in [-0.25, -0.2) is 17.6 Å². The molecule has 166 valence electrons. The van der Waals surface area contributed by atoms with Gasteiger partial charge in [-0.2, -0.15) is 4.31 Å². The smallest absolute Gasteiger partial charge is 0.343 e. The first-order chi connectivity index (χ1) is 15.3. The minimum absolute atomic E-state index is 0.0485. The molecule has 0 saturated heterocycles. The molecule has 1 heterocycles. The summed E-state index contributed by atoms with van der Waals surface area (Å²) in [6.07, 6.45) is 0. The molecule has 0 aromatic heterocycles. The van der Waals surface area contributed by atoms with Crippen LogP contribution in [-0.2, 0) is 16.6 Å². The second kappa shape index (κ2) is 8.33. The molecule has 0 spiro atoms. The largest absolute Gasteiger partial charge is 0.493 e. The van der Waals surface area contributed by atoms with Crippen LogP contribution in [0.2, 0.25) is 5.02 Å². The molecule has 4 rings (SSSR count). The van der Waals surface area contributed by atoms with E-state index < -0.39 is 21.9 Å². The van der Waals surface area contributed by atoms with Crippen molar-refractivity contribution in [2.75, 3.05) is 23.4 Å². The Hall–Kier alpha value is -3.30. The van der Waals surface area contributed by atoms with Crippen LogP contribution in [0.15, 0.2) is 65.6 Å². The Morgan fingerprint density at radius 2 is 1.69 bits per heavy atom. The summed E-state index contributed by atoms with van der Waals surface area (Å²) in [5.41, 5.74) is 0.745. The fourth-order valence-corrected chi connectivity index (χ4v) is 5.30. The van der Waals surface area contributed by atoms with Crippen molar-refractivity contribution in [2.24, 2.45) is 0 Å². The van der Waals surface area contributed by atoms with Crippen molar-refractivity contribution in [3.05, 3.63) is 77.1 Å². The van der Waals surface area contributed by atoms with Crippen molar-refractivity contribution in [3.8, 4) is 11.5 Å². The maximum Gasteiger partial charge on any atom is 0.343 e. The molecule has 10 heteroatoms. The molecule has 0 fully saturated rings. The van der Waals surface area contributed by atoms with Gasteiger partial charge in [-0.15, -0.1) is 0 Å². The van der Waals surface area contributed by atoms with Crippen LogP contribution in [0.25, 0.3) is 0 Å². The number of fused-ring (bicyclic) bond motifs is 1. The van der Waals surface area contributed by atoms with Crippen LogP contribution >= 0.6 is 11.6 Å². The number of halogens is 2. The number of urea groups is 1. The van der Waals surface area contributed by atoms with E-state index in [9.17, 15) is 17.6 Å². The van der Waals surface area contributed by atoms with E-state index in [1.807, 2.05) is 0 Å².